The molecule has 6 heteroatoms. The minimum atomic E-state index is 0.845. The number of aryl methyl sites for hydroxylation is 2. The van der Waals surface area contributed by atoms with Crippen molar-refractivity contribution in [3.05, 3.63) is 36.9 Å². The average Bonchev–Trinajstić information content (AvgIpc) is 3.05. The summed E-state index contributed by atoms with van der Waals surface area (Å²) in [4.78, 5) is 8.62. The van der Waals surface area contributed by atoms with E-state index in [0.29, 0.717) is 0 Å². The number of para-hydroxylation sites is 2. The molecule has 0 saturated heterocycles. The van der Waals surface area contributed by atoms with Crippen LogP contribution in [0.4, 0.5) is 0 Å². The van der Waals surface area contributed by atoms with Crippen molar-refractivity contribution in [1.82, 2.24) is 24.3 Å². The van der Waals surface area contributed by atoms with Crippen LogP contribution in [0.5, 0.6) is 0 Å². The van der Waals surface area contributed by atoms with E-state index in [0.717, 1.165) is 29.5 Å². The average molecular weight is 273 g/mol. The molecule has 0 fully saturated rings. The summed E-state index contributed by atoms with van der Waals surface area (Å²) in [6, 6.07) is 8.26. The van der Waals surface area contributed by atoms with Crippen LogP contribution in [0.3, 0.4) is 0 Å². The predicted molar refractivity (Wildman–Crippen MR) is 76.2 cm³/mol. The Kier molecular flexibility index (Phi) is 3.50. The Labute approximate surface area is 115 Å². The fourth-order valence-electron chi connectivity index (χ4n) is 2.05. The van der Waals surface area contributed by atoms with Crippen molar-refractivity contribution in [3.63, 3.8) is 0 Å². The molecule has 1 aromatic carbocycles. The Morgan fingerprint density at radius 2 is 2.16 bits per heavy atom. The highest BCUT2D eigenvalue weighted by Gasteiger charge is 2.09. The van der Waals surface area contributed by atoms with Gasteiger partial charge in [-0.15, -0.1) is 0 Å². The fourth-order valence-corrected chi connectivity index (χ4v) is 3.05. The summed E-state index contributed by atoms with van der Waals surface area (Å²) in [6.45, 7) is 3.93. The lowest BCUT2D eigenvalue weighted by Gasteiger charge is -2.05. The Balaban J connectivity index is 1.76. The summed E-state index contributed by atoms with van der Waals surface area (Å²) in [7, 11) is 0. The highest BCUT2D eigenvalue weighted by Crippen LogP contribution is 2.23. The minimum absolute atomic E-state index is 0.845. The van der Waals surface area contributed by atoms with Crippen LogP contribution in [0.2, 0.25) is 0 Å². The monoisotopic (exact) mass is 273 g/mol. The van der Waals surface area contributed by atoms with Gasteiger partial charge >= 0.3 is 0 Å². The molecular formula is C13H15N5S. The number of imidazole rings is 1. The first-order valence-electron chi connectivity index (χ1n) is 6.29. The number of nitrogens with zero attached hydrogens (tertiary/aromatic N) is 5. The molecule has 0 bridgehead atoms. The van der Waals surface area contributed by atoms with Crippen LogP contribution in [0, 0.1) is 0 Å². The van der Waals surface area contributed by atoms with Gasteiger partial charge in [0.1, 0.15) is 12.7 Å². The second-order valence-corrected chi connectivity index (χ2v) is 5.20. The van der Waals surface area contributed by atoms with Gasteiger partial charge in [-0.25, -0.2) is 9.97 Å². The molecule has 0 aliphatic rings. The highest BCUT2D eigenvalue weighted by atomic mass is 32.2. The van der Waals surface area contributed by atoms with Crippen molar-refractivity contribution in [1.29, 1.82) is 0 Å². The van der Waals surface area contributed by atoms with Crippen LogP contribution in [-0.4, -0.2) is 30.1 Å². The molecule has 0 aliphatic carbocycles. The maximum atomic E-state index is 4.68. The first-order chi connectivity index (χ1) is 9.38. The summed E-state index contributed by atoms with van der Waals surface area (Å²) in [6.07, 6.45) is 3.30. The van der Waals surface area contributed by atoms with Gasteiger partial charge in [0, 0.05) is 12.3 Å². The quantitative estimate of drug-likeness (QED) is 0.670. The fraction of sp³-hybridized carbons (Fsp3) is 0.308. The molecule has 5 nitrogen and oxygen atoms in total. The van der Waals surface area contributed by atoms with Crippen molar-refractivity contribution < 1.29 is 0 Å². The van der Waals surface area contributed by atoms with Crippen molar-refractivity contribution >= 4 is 22.8 Å². The molecule has 0 N–H and O–H groups in total. The van der Waals surface area contributed by atoms with Crippen molar-refractivity contribution in [2.45, 2.75) is 25.2 Å². The van der Waals surface area contributed by atoms with Crippen LogP contribution in [-0.2, 0) is 13.1 Å². The van der Waals surface area contributed by atoms with Crippen LogP contribution < -0.4 is 0 Å². The first-order valence-corrected chi connectivity index (χ1v) is 7.27. The minimum Gasteiger partial charge on any atom is -0.319 e. The molecule has 3 aromatic rings. The second-order valence-electron chi connectivity index (χ2n) is 4.13. The third-order valence-electron chi connectivity index (χ3n) is 2.95. The zero-order valence-corrected chi connectivity index (χ0v) is 11.5. The molecule has 0 spiro atoms. The Morgan fingerprint density at radius 3 is 2.95 bits per heavy atom. The number of hydrogen-bond donors (Lipinski definition) is 0. The van der Waals surface area contributed by atoms with E-state index in [1.165, 1.54) is 5.52 Å². The topological polar surface area (TPSA) is 48.5 Å². The van der Waals surface area contributed by atoms with E-state index >= 15 is 0 Å². The van der Waals surface area contributed by atoms with E-state index in [-0.39, 0.29) is 0 Å². The van der Waals surface area contributed by atoms with E-state index < -0.39 is 0 Å². The lowest BCUT2D eigenvalue weighted by molar-refractivity contribution is 0.660. The molecule has 0 unspecified atom stereocenters. The van der Waals surface area contributed by atoms with E-state index in [1.807, 2.05) is 10.7 Å². The Hall–Kier alpha value is -1.82. The van der Waals surface area contributed by atoms with Gasteiger partial charge in [0.05, 0.1) is 17.6 Å². The van der Waals surface area contributed by atoms with Gasteiger partial charge < -0.3 is 4.57 Å². The molecule has 2 aromatic heterocycles. The standard InChI is InChI=1S/C13H15N5S/c1-2-18-12-6-4-3-5-11(12)16-13(18)19-8-7-17-10-14-9-15-17/h3-6,9-10H,2,7-8H2,1H3. The predicted octanol–water partition coefficient (Wildman–Crippen LogP) is 2.44. The number of rotatable bonds is 5. The number of aromatic nitrogens is 5. The van der Waals surface area contributed by atoms with E-state index in [4.69, 9.17) is 0 Å². The molecule has 0 radical (unpaired) electrons. The third-order valence-corrected chi connectivity index (χ3v) is 3.91. The van der Waals surface area contributed by atoms with Crippen LogP contribution in [0.1, 0.15) is 6.92 Å². The molecule has 0 aliphatic heterocycles. The van der Waals surface area contributed by atoms with Gasteiger partial charge in [-0.3, -0.25) is 4.68 Å². The third kappa shape index (κ3) is 2.49. The van der Waals surface area contributed by atoms with Gasteiger partial charge in [-0.05, 0) is 19.1 Å². The summed E-state index contributed by atoms with van der Waals surface area (Å²) in [5.41, 5.74) is 2.26. The maximum Gasteiger partial charge on any atom is 0.169 e. The molecule has 2 heterocycles. The van der Waals surface area contributed by atoms with Gasteiger partial charge in [-0.1, -0.05) is 23.9 Å². The second kappa shape index (κ2) is 5.44. The molecular weight excluding hydrogens is 258 g/mol. The van der Waals surface area contributed by atoms with Crippen LogP contribution in [0.15, 0.2) is 42.1 Å². The smallest absolute Gasteiger partial charge is 0.169 e. The highest BCUT2D eigenvalue weighted by molar-refractivity contribution is 7.99. The molecule has 0 atom stereocenters. The molecule has 98 valence electrons. The zero-order valence-electron chi connectivity index (χ0n) is 10.7. The van der Waals surface area contributed by atoms with Gasteiger partial charge in [0.2, 0.25) is 0 Å². The zero-order chi connectivity index (χ0) is 13.1. The molecule has 0 saturated carbocycles. The number of benzene rings is 1. The molecule has 0 amide bonds. The van der Waals surface area contributed by atoms with Crippen LogP contribution >= 0.6 is 11.8 Å². The maximum absolute atomic E-state index is 4.68. The summed E-state index contributed by atoms with van der Waals surface area (Å²) < 4.78 is 4.09. The van der Waals surface area contributed by atoms with Crippen molar-refractivity contribution in [2.24, 2.45) is 0 Å². The summed E-state index contributed by atoms with van der Waals surface area (Å²) in [5, 5.41) is 5.17. The molecule has 3 rings (SSSR count). The number of thioether (sulfide) groups is 1. The largest absolute Gasteiger partial charge is 0.319 e. The van der Waals surface area contributed by atoms with Crippen molar-refractivity contribution in [2.75, 3.05) is 5.75 Å². The summed E-state index contributed by atoms with van der Waals surface area (Å²) >= 11 is 1.76. The van der Waals surface area contributed by atoms with Gasteiger partial charge in [0.25, 0.3) is 0 Å². The SMILES string of the molecule is CCn1c(SCCn2cncn2)nc2ccccc21. The van der Waals surface area contributed by atoms with Crippen molar-refractivity contribution in [3.8, 4) is 0 Å². The van der Waals surface area contributed by atoms with Gasteiger partial charge in [-0.2, -0.15) is 5.10 Å². The van der Waals surface area contributed by atoms with Gasteiger partial charge in [0.15, 0.2) is 5.16 Å². The van der Waals surface area contributed by atoms with E-state index in [2.05, 4.69) is 44.8 Å². The van der Waals surface area contributed by atoms with Crippen LogP contribution in [0.25, 0.3) is 11.0 Å². The lowest BCUT2D eigenvalue weighted by atomic mass is 10.3. The summed E-state index contributed by atoms with van der Waals surface area (Å²) in [5.74, 6) is 0.937. The van der Waals surface area contributed by atoms with E-state index in [9.17, 15) is 0 Å². The molecule has 19 heavy (non-hydrogen) atoms. The Bertz CT molecular complexity index is 659. The Morgan fingerprint density at radius 1 is 1.26 bits per heavy atom. The van der Waals surface area contributed by atoms with E-state index in [1.54, 1.807) is 24.4 Å². The first kappa shape index (κ1) is 12.2. The number of hydrogen-bond acceptors (Lipinski definition) is 4. The lowest BCUT2D eigenvalue weighted by Crippen LogP contribution is -2.02. The normalized spacial score (nSPS) is 11.2. The number of fused-ring (bicyclic) bond motifs is 1.